The van der Waals surface area contributed by atoms with Crippen LogP contribution in [0.3, 0.4) is 0 Å². The van der Waals surface area contributed by atoms with Crippen molar-refractivity contribution in [2.24, 2.45) is 0 Å². The van der Waals surface area contributed by atoms with Gasteiger partial charge in [-0.15, -0.1) is 0 Å². The standard InChI is InChI=1S/C12H14F3NO3/c1-7(6-19-2)16-8-3-4-9(11(17)18)10(5-8)12(13,14)15/h3-5,7,16H,6H2,1-2H3,(H,17,18). The van der Waals surface area contributed by atoms with Crippen molar-refractivity contribution in [3.05, 3.63) is 29.3 Å². The van der Waals surface area contributed by atoms with Crippen molar-refractivity contribution in [2.75, 3.05) is 19.0 Å². The third-order valence-corrected chi connectivity index (χ3v) is 2.39. The van der Waals surface area contributed by atoms with Gasteiger partial charge in [-0.3, -0.25) is 0 Å². The first-order valence-corrected chi connectivity index (χ1v) is 5.45. The smallest absolute Gasteiger partial charge is 0.417 e. The second kappa shape index (κ2) is 5.92. The van der Waals surface area contributed by atoms with Crippen LogP contribution in [0.25, 0.3) is 0 Å². The number of nitrogens with one attached hydrogen (secondary N) is 1. The minimum atomic E-state index is -4.71. The highest BCUT2D eigenvalue weighted by molar-refractivity contribution is 5.90. The quantitative estimate of drug-likeness (QED) is 0.869. The molecule has 1 atom stereocenters. The van der Waals surface area contributed by atoms with Gasteiger partial charge in [-0.2, -0.15) is 13.2 Å². The van der Waals surface area contributed by atoms with Crippen molar-refractivity contribution in [1.29, 1.82) is 0 Å². The number of carbonyl (C=O) groups is 1. The van der Waals surface area contributed by atoms with Gasteiger partial charge >= 0.3 is 12.1 Å². The first-order chi connectivity index (χ1) is 8.75. The second-order valence-electron chi connectivity index (χ2n) is 4.06. The van der Waals surface area contributed by atoms with Crippen LogP contribution < -0.4 is 5.32 Å². The van der Waals surface area contributed by atoms with E-state index in [1.165, 1.54) is 13.2 Å². The zero-order valence-corrected chi connectivity index (χ0v) is 10.4. The van der Waals surface area contributed by atoms with Gasteiger partial charge in [0, 0.05) is 18.8 Å². The molecule has 7 heteroatoms. The molecule has 0 bridgehead atoms. The van der Waals surface area contributed by atoms with Crippen molar-refractivity contribution >= 4 is 11.7 Å². The summed E-state index contributed by atoms with van der Waals surface area (Å²) in [7, 11) is 1.48. The van der Waals surface area contributed by atoms with Crippen LogP contribution in [0.15, 0.2) is 18.2 Å². The van der Waals surface area contributed by atoms with E-state index >= 15 is 0 Å². The van der Waals surface area contributed by atoms with Crippen LogP contribution in [0.5, 0.6) is 0 Å². The lowest BCUT2D eigenvalue weighted by Gasteiger charge is -2.17. The normalized spacial score (nSPS) is 13.1. The summed E-state index contributed by atoms with van der Waals surface area (Å²) >= 11 is 0. The van der Waals surface area contributed by atoms with Crippen molar-refractivity contribution in [3.63, 3.8) is 0 Å². The molecular weight excluding hydrogens is 263 g/mol. The van der Waals surface area contributed by atoms with Crippen molar-refractivity contribution in [2.45, 2.75) is 19.1 Å². The first kappa shape index (κ1) is 15.3. The van der Waals surface area contributed by atoms with Gasteiger partial charge in [0.15, 0.2) is 0 Å². The summed E-state index contributed by atoms with van der Waals surface area (Å²) in [5.41, 5.74) is -1.74. The molecule has 1 unspecified atom stereocenters. The van der Waals surface area contributed by atoms with Crippen molar-refractivity contribution in [3.8, 4) is 0 Å². The predicted molar refractivity (Wildman–Crippen MR) is 63.4 cm³/mol. The first-order valence-electron chi connectivity index (χ1n) is 5.45. The third-order valence-electron chi connectivity index (χ3n) is 2.39. The molecule has 4 nitrogen and oxygen atoms in total. The molecule has 0 aromatic heterocycles. The van der Waals surface area contributed by atoms with Gasteiger partial charge in [-0.1, -0.05) is 0 Å². The van der Waals surface area contributed by atoms with E-state index in [0.29, 0.717) is 6.61 Å². The number of alkyl halides is 3. The lowest BCUT2D eigenvalue weighted by atomic mass is 10.1. The Bertz CT molecular complexity index is 460. The predicted octanol–water partition coefficient (Wildman–Crippen LogP) is 2.85. The number of methoxy groups -OCH3 is 1. The van der Waals surface area contributed by atoms with E-state index in [1.807, 2.05) is 0 Å². The van der Waals surface area contributed by atoms with Crippen LogP contribution in [0.4, 0.5) is 18.9 Å². The molecule has 1 aromatic carbocycles. The number of carboxylic acids is 1. The van der Waals surface area contributed by atoms with Crippen molar-refractivity contribution in [1.82, 2.24) is 0 Å². The van der Waals surface area contributed by atoms with Crippen LogP contribution in [-0.4, -0.2) is 30.8 Å². The number of halogens is 3. The second-order valence-corrected chi connectivity index (χ2v) is 4.06. The maximum absolute atomic E-state index is 12.8. The molecule has 106 valence electrons. The molecule has 0 amide bonds. The molecule has 0 aliphatic carbocycles. The van der Waals surface area contributed by atoms with E-state index < -0.39 is 23.3 Å². The van der Waals surface area contributed by atoms with Crippen LogP contribution in [0.1, 0.15) is 22.8 Å². The Hall–Kier alpha value is -1.76. The fourth-order valence-electron chi connectivity index (χ4n) is 1.63. The number of anilines is 1. The number of ether oxygens (including phenoxy) is 1. The molecule has 1 rings (SSSR count). The maximum atomic E-state index is 12.8. The highest BCUT2D eigenvalue weighted by atomic mass is 19.4. The monoisotopic (exact) mass is 277 g/mol. The SMILES string of the molecule is COCC(C)Nc1ccc(C(=O)O)c(C(F)(F)F)c1. The molecule has 0 aliphatic rings. The molecule has 0 spiro atoms. The van der Waals surface area contributed by atoms with Crippen LogP contribution in [-0.2, 0) is 10.9 Å². The van der Waals surface area contributed by atoms with Gasteiger partial charge in [0.1, 0.15) is 0 Å². The van der Waals surface area contributed by atoms with E-state index in [2.05, 4.69) is 5.32 Å². The fourth-order valence-corrected chi connectivity index (χ4v) is 1.63. The summed E-state index contributed by atoms with van der Waals surface area (Å²) in [6.45, 7) is 2.06. The molecule has 1 aromatic rings. The zero-order chi connectivity index (χ0) is 14.6. The summed E-state index contributed by atoms with van der Waals surface area (Å²) < 4.78 is 43.1. The topological polar surface area (TPSA) is 58.6 Å². The minimum absolute atomic E-state index is 0.193. The Labute approximate surface area is 108 Å². The Balaban J connectivity index is 3.09. The molecular formula is C12H14F3NO3. The third kappa shape index (κ3) is 4.13. The molecule has 0 saturated carbocycles. The van der Waals surface area contributed by atoms with Crippen LogP contribution in [0.2, 0.25) is 0 Å². The molecule has 2 N–H and O–H groups in total. The van der Waals surface area contributed by atoms with E-state index in [-0.39, 0.29) is 11.7 Å². The van der Waals surface area contributed by atoms with E-state index in [0.717, 1.165) is 12.1 Å². The Morgan fingerprint density at radius 1 is 1.47 bits per heavy atom. The highest BCUT2D eigenvalue weighted by Gasteiger charge is 2.35. The lowest BCUT2D eigenvalue weighted by molar-refractivity contribution is -0.138. The number of rotatable bonds is 5. The van der Waals surface area contributed by atoms with Crippen molar-refractivity contribution < 1.29 is 27.8 Å². The fraction of sp³-hybridized carbons (Fsp3) is 0.417. The Kier molecular flexibility index (Phi) is 4.77. The summed E-state index contributed by atoms with van der Waals surface area (Å²) in [4.78, 5) is 10.8. The number of aromatic carboxylic acids is 1. The van der Waals surface area contributed by atoms with Gasteiger partial charge in [-0.05, 0) is 25.1 Å². The van der Waals surface area contributed by atoms with Gasteiger partial charge in [0.2, 0.25) is 0 Å². The number of carboxylic acid groups (broad SMARTS) is 1. The highest BCUT2D eigenvalue weighted by Crippen LogP contribution is 2.34. The number of hydrogen-bond acceptors (Lipinski definition) is 3. The zero-order valence-electron chi connectivity index (χ0n) is 10.4. The summed E-state index contributed by atoms with van der Waals surface area (Å²) in [5, 5.41) is 11.5. The van der Waals surface area contributed by atoms with Gasteiger partial charge in [0.05, 0.1) is 17.7 Å². The average molecular weight is 277 g/mol. The van der Waals surface area contributed by atoms with Gasteiger partial charge in [-0.25, -0.2) is 4.79 Å². The molecule has 0 radical (unpaired) electrons. The maximum Gasteiger partial charge on any atom is 0.417 e. The number of benzene rings is 1. The largest absolute Gasteiger partial charge is 0.478 e. The van der Waals surface area contributed by atoms with Gasteiger partial charge in [0.25, 0.3) is 0 Å². The summed E-state index contributed by atoms with van der Waals surface area (Å²) in [6.07, 6.45) is -4.71. The molecule has 0 heterocycles. The van der Waals surface area contributed by atoms with Crippen LogP contribution >= 0.6 is 0 Å². The summed E-state index contributed by atoms with van der Waals surface area (Å²) in [5.74, 6) is -1.61. The molecule has 0 aliphatic heterocycles. The summed E-state index contributed by atoms with van der Waals surface area (Å²) in [6, 6.07) is 2.83. The number of hydrogen-bond donors (Lipinski definition) is 2. The molecule has 0 fully saturated rings. The Morgan fingerprint density at radius 2 is 2.11 bits per heavy atom. The minimum Gasteiger partial charge on any atom is -0.478 e. The average Bonchev–Trinajstić information content (AvgIpc) is 2.27. The lowest BCUT2D eigenvalue weighted by Crippen LogP contribution is -2.21. The van der Waals surface area contributed by atoms with E-state index in [4.69, 9.17) is 9.84 Å². The van der Waals surface area contributed by atoms with E-state index in [9.17, 15) is 18.0 Å². The Morgan fingerprint density at radius 3 is 2.58 bits per heavy atom. The van der Waals surface area contributed by atoms with E-state index in [1.54, 1.807) is 6.92 Å². The molecule has 0 saturated heterocycles. The molecule has 19 heavy (non-hydrogen) atoms. The van der Waals surface area contributed by atoms with Gasteiger partial charge < -0.3 is 15.2 Å². The van der Waals surface area contributed by atoms with Crippen LogP contribution in [0, 0.1) is 0 Å².